The molecule has 1 aromatic carbocycles. The summed E-state index contributed by atoms with van der Waals surface area (Å²) in [5.41, 5.74) is 0.398. The number of hydrogen-bond acceptors (Lipinski definition) is 2. The molecule has 0 unspecified atom stereocenters. The zero-order valence-corrected chi connectivity index (χ0v) is 9.33. The molecule has 0 radical (unpaired) electrons. The minimum Gasteiger partial charge on any atom is -0.481 e. The molecule has 16 heavy (non-hydrogen) atoms. The van der Waals surface area contributed by atoms with Crippen molar-refractivity contribution in [2.45, 2.75) is 12.8 Å². The summed E-state index contributed by atoms with van der Waals surface area (Å²) >= 11 is 11.3. The van der Waals surface area contributed by atoms with Gasteiger partial charge in [0.15, 0.2) is 12.4 Å². The molecule has 0 saturated carbocycles. The molecule has 0 atom stereocenters. The van der Waals surface area contributed by atoms with Crippen LogP contribution in [0.1, 0.15) is 5.56 Å². The van der Waals surface area contributed by atoms with E-state index >= 15 is 0 Å². The molecule has 2 nitrogen and oxygen atoms in total. The van der Waals surface area contributed by atoms with Crippen molar-refractivity contribution in [3.63, 3.8) is 0 Å². The molecule has 90 valence electrons. The van der Waals surface area contributed by atoms with Crippen LogP contribution in [0.3, 0.4) is 0 Å². The molecule has 1 aromatic rings. The number of benzene rings is 1. The molecule has 0 bridgehead atoms. The van der Waals surface area contributed by atoms with Crippen molar-refractivity contribution >= 4 is 23.2 Å². The van der Waals surface area contributed by atoms with Gasteiger partial charge < -0.3 is 9.84 Å². The first-order valence-corrected chi connectivity index (χ1v) is 4.87. The summed E-state index contributed by atoms with van der Waals surface area (Å²) in [5, 5.41) is 8.66. The van der Waals surface area contributed by atoms with Gasteiger partial charge in [-0.3, -0.25) is 0 Å². The summed E-state index contributed by atoms with van der Waals surface area (Å²) in [7, 11) is 0. The quantitative estimate of drug-likeness (QED) is 0.915. The van der Waals surface area contributed by atoms with E-state index in [1.165, 1.54) is 12.1 Å². The van der Waals surface area contributed by atoms with E-state index in [2.05, 4.69) is 4.74 Å². The van der Waals surface area contributed by atoms with Crippen LogP contribution in [0.5, 0.6) is 5.75 Å². The van der Waals surface area contributed by atoms with Crippen LogP contribution in [0, 0.1) is 0 Å². The molecular formula is C9H7Cl2F3O2. The molecule has 0 heterocycles. The zero-order chi connectivity index (χ0) is 12.3. The lowest BCUT2D eigenvalue weighted by molar-refractivity contribution is -0.153. The second-order valence-corrected chi connectivity index (χ2v) is 3.76. The van der Waals surface area contributed by atoms with E-state index in [1.807, 2.05) is 0 Å². The number of ether oxygens (including phenoxy) is 1. The largest absolute Gasteiger partial charge is 0.481 e. The van der Waals surface area contributed by atoms with Crippen molar-refractivity contribution in [2.24, 2.45) is 0 Å². The molecule has 7 heteroatoms. The summed E-state index contributed by atoms with van der Waals surface area (Å²) < 4.78 is 40.2. The van der Waals surface area contributed by atoms with Crippen LogP contribution in [-0.2, 0) is 6.61 Å². The molecule has 1 N–H and O–H groups in total. The third-order valence-electron chi connectivity index (χ3n) is 1.62. The lowest BCUT2D eigenvalue weighted by Gasteiger charge is -2.12. The molecule has 0 aliphatic heterocycles. The minimum atomic E-state index is -4.46. The van der Waals surface area contributed by atoms with Crippen molar-refractivity contribution in [2.75, 3.05) is 6.61 Å². The van der Waals surface area contributed by atoms with Crippen LogP contribution in [0.4, 0.5) is 13.2 Å². The molecular weight excluding hydrogens is 268 g/mol. The fourth-order valence-electron chi connectivity index (χ4n) is 0.996. The van der Waals surface area contributed by atoms with Gasteiger partial charge in [0, 0.05) is 0 Å². The van der Waals surface area contributed by atoms with E-state index in [-0.39, 0.29) is 22.4 Å². The smallest absolute Gasteiger partial charge is 0.422 e. The van der Waals surface area contributed by atoms with E-state index in [1.54, 1.807) is 0 Å². The highest BCUT2D eigenvalue weighted by Gasteiger charge is 2.29. The maximum atomic E-state index is 11.9. The molecule has 0 aromatic heterocycles. The first-order valence-electron chi connectivity index (χ1n) is 4.12. The summed E-state index contributed by atoms with van der Waals surface area (Å²) in [5.74, 6) is -0.238. The second kappa shape index (κ2) is 5.12. The maximum absolute atomic E-state index is 11.9. The van der Waals surface area contributed by atoms with Gasteiger partial charge >= 0.3 is 6.18 Å². The first-order chi connectivity index (χ1) is 7.33. The monoisotopic (exact) mass is 274 g/mol. The Kier molecular flexibility index (Phi) is 4.29. The normalized spacial score (nSPS) is 11.6. The van der Waals surface area contributed by atoms with Gasteiger partial charge in [-0.1, -0.05) is 23.2 Å². The Hall–Kier alpha value is -0.650. The van der Waals surface area contributed by atoms with Gasteiger partial charge in [0.25, 0.3) is 0 Å². The van der Waals surface area contributed by atoms with Crippen molar-refractivity contribution in [3.8, 4) is 5.75 Å². The molecule has 0 saturated heterocycles. The van der Waals surface area contributed by atoms with E-state index in [0.717, 1.165) is 0 Å². The summed E-state index contributed by atoms with van der Waals surface area (Å²) in [6.07, 6.45) is -4.46. The average Bonchev–Trinajstić information content (AvgIpc) is 2.14. The lowest BCUT2D eigenvalue weighted by Crippen LogP contribution is -2.19. The van der Waals surface area contributed by atoms with E-state index < -0.39 is 12.8 Å². The molecule has 0 fully saturated rings. The fraction of sp³-hybridized carbons (Fsp3) is 0.333. The van der Waals surface area contributed by atoms with Gasteiger partial charge in [0.05, 0.1) is 16.7 Å². The summed E-state index contributed by atoms with van der Waals surface area (Å²) in [6, 6.07) is 2.58. The Balaban J connectivity index is 2.88. The predicted octanol–water partition coefficient (Wildman–Crippen LogP) is 3.43. The van der Waals surface area contributed by atoms with E-state index in [0.29, 0.717) is 5.56 Å². The second-order valence-electron chi connectivity index (χ2n) is 2.95. The van der Waals surface area contributed by atoms with Crippen molar-refractivity contribution in [1.29, 1.82) is 0 Å². The number of halogens is 5. The highest BCUT2D eigenvalue weighted by molar-refractivity contribution is 6.37. The van der Waals surface area contributed by atoms with Gasteiger partial charge in [-0.15, -0.1) is 0 Å². The number of aliphatic hydroxyl groups is 1. The number of rotatable bonds is 3. The molecule has 0 amide bonds. The number of alkyl halides is 3. The Bertz CT molecular complexity index is 357. The van der Waals surface area contributed by atoms with Gasteiger partial charge in [0.1, 0.15) is 0 Å². The third-order valence-corrected chi connectivity index (χ3v) is 2.18. The average molecular weight is 275 g/mol. The van der Waals surface area contributed by atoms with Gasteiger partial charge in [-0.2, -0.15) is 13.2 Å². The Morgan fingerprint density at radius 2 is 1.69 bits per heavy atom. The highest BCUT2D eigenvalue weighted by atomic mass is 35.5. The van der Waals surface area contributed by atoms with Crippen LogP contribution in [0.15, 0.2) is 12.1 Å². The first kappa shape index (κ1) is 13.4. The van der Waals surface area contributed by atoms with Crippen LogP contribution >= 0.6 is 23.2 Å². The molecule has 1 rings (SSSR count). The van der Waals surface area contributed by atoms with Gasteiger partial charge in [0.2, 0.25) is 0 Å². The maximum Gasteiger partial charge on any atom is 0.422 e. The lowest BCUT2D eigenvalue weighted by atomic mass is 10.2. The molecule has 0 aliphatic rings. The van der Waals surface area contributed by atoms with E-state index in [4.69, 9.17) is 28.3 Å². The fourth-order valence-corrected chi connectivity index (χ4v) is 1.64. The summed E-state index contributed by atoms with van der Waals surface area (Å²) in [6.45, 7) is -1.77. The topological polar surface area (TPSA) is 29.5 Å². The SMILES string of the molecule is OCc1cc(Cl)c(OCC(F)(F)F)c(Cl)c1. The predicted molar refractivity (Wildman–Crippen MR) is 53.9 cm³/mol. The van der Waals surface area contributed by atoms with E-state index in [9.17, 15) is 13.2 Å². The van der Waals surface area contributed by atoms with Crippen molar-refractivity contribution < 1.29 is 23.0 Å². The van der Waals surface area contributed by atoms with Crippen LogP contribution < -0.4 is 4.74 Å². The highest BCUT2D eigenvalue weighted by Crippen LogP contribution is 2.35. The standard InChI is InChI=1S/C9H7Cl2F3O2/c10-6-1-5(3-15)2-7(11)8(6)16-4-9(12,13)14/h1-2,15H,3-4H2. The minimum absolute atomic E-state index is 0.0687. The summed E-state index contributed by atoms with van der Waals surface area (Å²) in [4.78, 5) is 0. The Labute approximate surface area is 99.5 Å². The zero-order valence-electron chi connectivity index (χ0n) is 7.81. The van der Waals surface area contributed by atoms with Crippen LogP contribution in [0.25, 0.3) is 0 Å². The van der Waals surface area contributed by atoms with Gasteiger partial charge in [-0.25, -0.2) is 0 Å². The molecule has 0 spiro atoms. The third kappa shape index (κ3) is 3.73. The Morgan fingerprint density at radius 1 is 1.19 bits per heavy atom. The van der Waals surface area contributed by atoms with Crippen LogP contribution in [0.2, 0.25) is 10.0 Å². The Morgan fingerprint density at radius 3 is 2.06 bits per heavy atom. The molecule has 0 aliphatic carbocycles. The number of hydrogen-bond donors (Lipinski definition) is 1. The van der Waals surface area contributed by atoms with Crippen molar-refractivity contribution in [3.05, 3.63) is 27.7 Å². The van der Waals surface area contributed by atoms with Crippen molar-refractivity contribution in [1.82, 2.24) is 0 Å². The van der Waals surface area contributed by atoms with Gasteiger partial charge in [-0.05, 0) is 17.7 Å². The van der Waals surface area contributed by atoms with Crippen LogP contribution in [-0.4, -0.2) is 17.9 Å². The number of aliphatic hydroxyl groups excluding tert-OH is 1.